The molecule has 2 aliphatic heterocycles. The summed E-state index contributed by atoms with van der Waals surface area (Å²) < 4.78 is 28.3. The summed E-state index contributed by atoms with van der Waals surface area (Å²) >= 11 is 0. The molecule has 0 atom stereocenters. The van der Waals surface area contributed by atoms with Gasteiger partial charge in [-0.05, 0) is 50.2 Å². The van der Waals surface area contributed by atoms with Crippen LogP contribution in [0.1, 0.15) is 12.8 Å². The third kappa shape index (κ3) is 3.85. The molecule has 1 aromatic carbocycles. The Morgan fingerprint density at radius 1 is 1.12 bits per heavy atom. The smallest absolute Gasteiger partial charge is 0.255 e. The Morgan fingerprint density at radius 2 is 1.69 bits per heavy atom. The van der Waals surface area contributed by atoms with Crippen molar-refractivity contribution >= 4 is 21.6 Å². The Bertz CT molecular complexity index is 737. The van der Waals surface area contributed by atoms with E-state index in [-0.39, 0.29) is 10.8 Å². The van der Waals surface area contributed by atoms with Crippen molar-refractivity contribution in [3.05, 3.63) is 24.3 Å². The number of anilines is 1. The lowest BCUT2D eigenvalue weighted by atomic mass is 9.90. The molecule has 144 valence electrons. The molecule has 26 heavy (non-hydrogen) atoms. The molecule has 1 amide bonds. The van der Waals surface area contributed by atoms with Crippen LogP contribution in [0.4, 0.5) is 5.69 Å². The van der Waals surface area contributed by atoms with E-state index in [1.807, 2.05) is 4.90 Å². The molecule has 9 heteroatoms. The van der Waals surface area contributed by atoms with Crippen molar-refractivity contribution in [2.45, 2.75) is 23.3 Å². The van der Waals surface area contributed by atoms with Gasteiger partial charge in [0.2, 0.25) is 10.0 Å². The zero-order valence-corrected chi connectivity index (χ0v) is 15.8. The minimum atomic E-state index is -3.68. The van der Waals surface area contributed by atoms with Gasteiger partial charge in [-0.3, -0.25) is 4.79 Å². The van der Waals surface area contributed by atoms with Crippen LogP contribution in [-0.2, 0) is 19.6 Å². The van der Waals surface area contributed by atoms with E-state index < -0.39 is 15.6 Å². The first-order valence-electron chi connectivity index (χ1n) is 8.79. The number of amides is 1. The van der Waals surface area contributed by atoms with Gasteiger partial charge in [0.25, 0.3) is 5.91 Å². The van der Waals surface area contributed by atoms with Crippen molar-refractivity contribution in [3.63, 3.8) is 0 Å². The predicted octanol–water partition coefficient (Wildman–Crippen LogP) is -0.249. The van der Waals surface area contributed by atoms with E-state index in [1.54, 1.807) is 19.2 Å². The van der Waals surface area contributed by atoms with Crippen molar-refractivity contribution in [3.8, 4) is 0 Å². The number of hydrogen-bond donors (Lipinski definition) is 2. The molecule has 2 saturated heterocycles. The predicted molar refractivity (Wildman–Crippen MR) is 98.5 cm³/mol. The zero-order valence-electron chi connectivity index (χ0n) is 15.0. The molecule has 2 fully saturated rings. The SMILES string of the molecule is COC1(C(=O)N2CCN(c3ccc(S(N)(=O)=O)cc3)CC2)CCNCC1. The second-order valence-electron chi connectivity index (χ2n) is 6.77. The van der Waals surface area contributed by atoms with E-state index in [9.17, 15) is 13.2 Å². The van der Waals surface area contributed by atoms with Gasteiger partial charge in [-0.1, -0.05) is 0 Å². The minimum absolute atomic E-state index is 0.0747. The second kappa shape index (κ2) is 7.51. The zero-order chi connectivity index (χ0) is 18.8. The summed E-state index contributed by atoms with van der Waals surface area (Å²) in [6.45, 7) is 4.20. The lowest BCUT2D eigenvalue weighted by molar-refractivity contribution is -0.158. The van der Waals surface area contributed by atoms with Crippen molar-refractivity contribution < 1.29 is 17.9 Å². The van der Waals surface area contributed by atoms with Gasteiger partial charge in [-0.25, -0.2) is 13.6 Å². The molecule has 3 rings (SSSR count). The number of primary sulfonamides is 1. The van der Waals surface area contributed by atoms with Crippen molar-refractivity contribution in [2.75, 3.05) is 51.3 Å². The Balaban J connectivity index is 1.63. The van der Waals surface area contributed by atoms with E-state index in [0.717, 1.165) is 18.8 Å². The number of ether oxygens (including phenoxy) is 1. The third-order valence-electron chi connectivity index (χ3n) is 5.29. The van der Waals surface area contributed by atoms with E-state index >= 15 is 0 Å². The highest BCUT2D eigenvalue weighted by atomic mass is 32.2. The Morgan fingerprint density at radius 3 is 2.19 bits per heavy atom. The Labute approximate surface area is 154 Å². The van der Waals surface area contributed by atoms with Crippen LogP contribution in [0, 0.1) is 0 Å². The molecule has 2 heterocycles. The van der Waals surface area contributed by atoms with Crippen LogP contribution in [-0.4, -0.2) is 71.2 Å². The number of piperidine rings is 1. The number of nitrogens with two attached hydrogens (primary N) is 1. The number of sulfonamides is 1. The quantitative estimate of drug-likeness (QED) is 0.744. The van der Waals surface area contributed by atoms with Gasteiger partial charge < -0.3 is 19.9 Å². The van der Waals surface area contributed by atoms with Gasteiger partial charge >= 0.3 is 0 Å². The van der Waals surface area contributed by atoms with Crippen molar-refractivity contribution in [1.82, 2.24) is 10.2 Å². The summed E-state index contributed by atoms with van der Waals surface area (Å²) in [6.07, 6.45) is 1.38. The number of methoxy groups -OCH3 is 1. The minimum Gasteiger partial charge on any atom is -0.368 e. The first-order valence-corrected chi connectivity index (χ1v) is 10.3. The summed E-state index contributed by atoms with van der Waals surface area (Å²) in [5.41, 5.74) is 0.220. The fraction of sp³-hybridized carbons (Fsp3) is 0.588. The van der Waals surface area contributed by atoms with Gasteiger partial charge in [0.1, 0.15) is 5.60 Å². The summed E-state index contributed by atoms with van der Waals surface area (Å²) in [6, 6.07) is 6.52. The number of rotatable bonds is 4. The van der Waals surface area contributed by atoms with Crippen molar-refractivity contribution in [1.29, 1.82) is 0 Å². The lowest BCUT2D eigenvalue weighted by Gasteiger charge is -2.42. The van der Waals surface area contributed by atoms with Crippen LogP contribution < -0.4 is 15.4 Å². The van der Waals surface area contributed by atoms with Gasteiger partial charge in [0.15, 0.2) is 0 Å². The highest BCUT2D eigenvalue weighted by molar-refractivity contribution is 7.89. The van der Waals surface area contributed by atoms with E-state index in [1.165, 1.54) is 12.1 Å². The maximum Gasteiger partial charge on any atom is 0.255 e. The summed E-state index contributed by atoms with van der Waals surface area (Å²) in [5, 5.41) is 8.40. The van der Waals surface area contributed by atoms with Crippen LogP contribution in [0.15, 0.2) is 29.2 Å². The molecule has 8 nitrogen and oxygen atoms in total. The van der Waals surface area contributed by atoms with Crippen molar-refractivity contribution in [2.24, 2.45) is 5.14 Å². The number of piperazine rings is 1. The number of benzene rings is 1. The number of carbonyl (C=O) groups is 1. The van der Waals surface area contributed by atoms with Crippen LogP contribution in [0.3, 0.4) is 0 Å². The molecular weight excluding hydrogens is 356 g/mol. The maximum atomic E-state index is 13.0. The number of nitrogens with zero attached hydrogens (tertiary/aromatic N) is 2. The highest BCUT2D eigenvalue weighted by Crippen LogP contribution is 2.26. The second-order valence-corrected chi connectivity index (χ2v) is 8.33. The molecule has 0 bridgehead atoms. The fourth-order valence-electron chi connectivity index (χ4n) is 3.64. The van der Waals surface area contributed by atoms with Gasteiger partial charge in [-0.15, -0.1) is 0 Å². The molecule has 0 unspecified atom stereocenters. The number of nitrogens with one attached hydrogen (secondary N) is 1. The summed E-state index contributed by atoms with van der Waals surface area (Å²) in [4.78, 5) is 17.1. The van der Waals surface area contributed by atoms with Crippen LogP contribution in [0.25, 0.3) is 0 Å². The average molecular weight is 382 g/mol. The molecule has 0 saturated carbocycles. The summed E-state index contributed by atoms with van der Waals surface area (Å²) in [5.74, 6) is 0.0747. The molecule has 0 radical (unpaired) electrons. The first kappa shape index (κ1) is 19.1. The first-order chi connectivity index (χ1) is 12.4. The Hall–Kier alpha value is -1.68. The standard InChI is InChI=1S/C17H26N4O4S/c1-25-17(6-8-19-9-7-17)16(22)21-12-10-20(11-13-21)14-2-4-15(5-3-14)26(18,23)24/h2-5,19H,6-13H2,1H3,(H2,18,23,24). The number of hydrogen-bond acceptors (Lipinski definition) is 6. The molecule has 3 N–H and O–H groups in total. The topological polar surface area (TPSA) is 105 Å². The van der Waals surface area contributed by atoms with Gasteiger partial charge in [0, 0.05) is 39.0 Å². The third-order valence-corrected chi connectivity index (χ3v) is 6.22. The largest absolute Gasteiger partial charge is 0.368 e. The molecule has 0 spiro atoms. The normalized spacial score (nSPS) is 20.8. The Kier molecular flexibility index (Phi) is 5.52. The molecule has 2 aliphatic rings. The van der Waals surface area contributed by atoms with Crippen LogP contribution in [0.2, 0.25) is 0 Å². The number of carbonyl (C=O) groups excluding carboxylic acids is 1. The monoisotopic (exact) mass is 382 g/mol. The molecule has 0 aliphatic carbocycles. The molecule has 0 aromatic heterocycles. The molecule has 1 aromatic rings. The highest BCUT2D eigenvalue weighted by Gasteiger charge is 2.42. The van der Waals surface area contributed by atoms with E-state index in [2.05, 4.69) is 10.2 Å². The average Bonchev–Trinajstić information content (AvgIpc) is 2.67. The molecular formula is C17H26N4O4S. The van der Waals surface area contributed by atoms with E-state index in [0.29, 0.717) is 39.0 Å². The lowest BCUT2D eigenvalue weighted by Crippen LogP contribution is -2.59. The van der Waals surface area contributed by atoms with Crippen LogP contribution >= 0.6 is 0 Å². The van der Waals surface area contributed by atoms with E-state index in [4.69, 9.17) is 9.88 Å². The van der Waals surface area contributed by atoms with Gasteiger partial charge in [0.05, 0.1) is 4.90 Å². The maximum absolute atomic E-state index is 13.0. The van der Waals surface area contributed by atoms with Crippen LogP contribution in [0.5, 0.6) is 0 Å². The fourth-order valence-corrected chi connectivity index (χ4v) is 4.15. The van der Waals surface area contributed by atoms with Gasteiger partial charge in [-0.2, -0.15) is 0 Å². The summed E-state index contributed by atoms with van der Waals surface area (Å²) in [7, 11) is -2.07.